The molecule has 0 aliphatic rings. The lowest BCUT2D eigenvalue weighted by Crippen LogP contribution is -2.03. The van der Waals surface area contributed by atoms with Gasteiger partial charge in [0.25, 0.3) is 0 Å². The third-order valence-corrected chi connectivity index (χ3v) is 0.970. The Hall–Kier alpha value is -0.740. The smallest absolute Gasteiger partial charge is 0.133 e. The van der Waals surface area contributed by atoms with E-state index >= 15 is 0 Å². The van der Waals surface area contributed by atoms with Crippen LogP contribution in [0.5, 0.6) is 0 Å². The lowest BCUT2D eigenvalue weighted by Gasteiger charge is -2.07. The van der Waals surface area contributed by atoms with Gasteiger partial charge in [0.2, 0.25) is 0 Å². The van der Waals surface area contributed by atoms with Gasteiger partial charge in [-0.05, 0) is 33.8 Å². The van der Waals surface area contributed by atoms with E-state index in [1.165, 1.54) is 0 Å². The summed E-state index contributed by atoms with van der Waals surface area (Å²) in [6, 6.07) is 0. The molecule has 0 bridgehead atoms. The molecule has 1 unspecified atom stereocenters. The highest BCUT2D eigenvalue weighted by Gasteiger charge is 2.03. The molecule has 0 aliphatic heterocycles. The van der Waals surface area contributed by atoms with E-state index in [2.05, 4.69) is 11.8 Å². The molecule has 0 rings (SSSR count). The summed E-state index contributed by atoms with van der Waals surface area (Å²) in [6.45, 7) is 7.91. The fraction of sp³-hybridized carbons (Fsp3) is 0.600. The van der Waals surface area contributed by atoms with Crippen molar-refractivity contribution in [3.8, 4) is 11.8 Å². The Bertz CT molecular complexity index is 185. The van der Waals surface area contributed by atoms with Crippen LogP contribution in [0, 0.1) is 17.3 Å². The Morgan fingerprint density at radius 3 is 2.27 bits per heavy atom. The van der Waals surface area contributed by atoms with E-state index in [0.29, 0.717) is 0 Å². The number of aliphatic hydroxyl groups excluding tert-OH is 1. The van der Waals surface area contributed by atoms with Crippen molar-refractivity contribution in [1.29, 1.82) is 0 Å². The molecule has 1 nitrogen and oxygen atoms in total. The molecule has 0 aromatic carbocycles. The standard InChI is InChI=1S/C10H16O/c1-5-6-9(11)7-8-10(2,3)4/h5-6,9,11H,1-4H3/b6-5+. The fourth-order valence-corrected chi connectivity index (χ4v) is 0.521. The van der Waals surface area contributed by atoms with Gasteiger partial charge in [-0.2, -0.15) is 0 Å². The van der Waals surface area contributed by atoms with Gasteiger partial charge in [0.05, 0.1) is 0 Å². The Kier molecular flexibility index (Phi) is 3.92. The van der Waals surface area contributed by atoms with Gasteiger partial charge in [-0.1, -0.05) is 17.9 Å². The van der Waals surface area contributed by atoms with Crippen molar-refractivity contribution >= 4 is 0 Å². The molecule has 0 saturated carbocycles. The molecule has 0 fully saturated rings. The molecule has 0 aromatic rings. The van der Waals surface area contributed by atoms with Crippen molar-refractivity contribution in [2.45, 2.75) is 33.8 Å². The minimum atomic E-state index is -0.612. The summed E-state index contributed by atoms with van der Waals surface area (Å²) in [7, 11) is 0. The van der Waals surface area contributed by atoms with Crippen LogP contribution in [0.4, 0.5) is 0 Å². The van der Waals surface area contributed by atoms with Gasteiger partial charge in [-0.15, -0.1) is 0 Å². The summed E-state index contributed by atoms with van der Waals surface area (Å²) < 4.78 is 0. The number of rotatable bonds is 1. The quantitative estimate of drug-likeness (QED) is 0.450. The zero-order chi connectivity index (χ0) is 8.91. The lowest BCUT2D eigenvalue weighted by atomic mass is 9.98. The van der Waals surface area contributed by atoms with Crippen molar-refractivity contribution < 1.29 is 5.11 Å². The van der Waals surface area contributed by atoms with Crippen LogP contribution in [0.3, 0.4) is 0 Å². The third kappa shape index (κ3) is 7.15. The zero-order valence-electron chi connectivity index (χ0n) is 7.68. The number of allylic oxidation sites excluding steroid dienone is 1. The summed E-state index contributed by atoms with van der Waals surface area (Å²) in [6.07, 6.45) is 2.85. The molecule has 62 valence electrons. The average Bonchev–Trinajstić information content (AvgIpc) is 1.83. The normalized spacial score (nSPS) is 14.3. The summed E-state index contributed by atoms with van der Waals surface area (Å²) in [5, 5.41) is 9.15. The van der Waals surface area contributed by atoms with E-state index in [1.807, 2.05) is 27.7 Å². The minimum Gasteiger partial charge on any atom is -0.377 e. The summed E-state index contributed by atoms with van der Waals surface area (Å²) in [4.78, 5) is 0. The topological polar surface area (TPSA) is 20.2 Å². The third-order valence-electron chi connectivity index (χ3n) is 0.970. The van der Waals surface area contributed by atoms with Crippen molar-refractivity contribution in [2.75, 3.05) is 0 Å². The highest BCUT2D eigenvalue weighted by molar-refractivity contribution is 5.15. The Morgan fingerprint density at radius 1 is 1.36 bits per heavy atom. The SMILES string of the molecule is C/C=C/C(O)C#CC(C)(C)C. The van der Waals surface area contributed by atoms with Crippen LogP contribution in [0.25, 0.3) is 0 Å². The Labute approximate surface area is 69.1 Å². The van der Waals surface area contributed by atoms with E-state index in [0.717, 1.165) is 0 Å². The van der Waals surface area contributed by atoms with E-state index < -0.39 is 6.10 Å². The molecule has 0 saturated heterocycles. The molecule has 0 amide bonds. The number of aliphatic hydroxyl groups is 1. The second kappa shape index (κ2) is 4.20. The minimum absolute atomic E-state index is 0.0252. The molecular weight excluding hydrogens is 136 g/mol. The molecule has 0 heterocycles. The Morgan fingerprint density at radius 2 is 1.91 bits per heavy atom. The van der Waals surface area contributed by atoms with Crippen LogP contribution in [-0.2, 0) is 0 Å². The second-order valence-corrected chi connectivity index (χ2v) is 3.49. The van der Waals surface area contributed by atoms with Crippen LogP contribution in [0.2, 0.25) is 0 Å². The molecular formula is C10H16O. The van der Waals surface area contributed by atoms with Crippen LogP contribution >= 0.6 is 0 Å². The first kappa shape index (κ1) is 10.3. The second-order valence-electron chi connectivity index (χ2n) is 3.49. The van der Waals surface area contributed by atoms with Gasteiger partial charge in [-0.25, -0.2) is 0 Å². The molecule has 0 aliphatic carbocycles. The van der Waals surface area contributed by atoms with Crippen molar-refractivity contribution in [2.24, 2.45) is 5.41 Å². The molecule has 0 radical (unpaired) electrons. The first-order chi connectivity index (χ1) is 4.95. The van der Waals surface area contributed by atoms with Crippen LogP contribution < -0.4 is 0 Å². The lowest BCUT2D eigenvalue weighted by molar-refractivity contribution is 0.280. The van der Waals surface area contributed by atoms with Crippen molar-refractivity contribution in [3.63, 3.8) is 0 Å². The van der Waals surface area contributed by atoms with E-state index in [-0.39, 0.29) is 5.41 Å². The van der Waals surface area contributed by atoms with Gasteiger partial charge < -0.3 is 5.11 Å². The summed E-state index contributed by atoms with van der Waals surface area (Å²) in [5.74, 6) is 5.70. The van der Waals surface area contributed by atoms with Crippen molar-refractivity contribution in [3.05, 3.63) is 12.2 Å². The largest absolute Gasteiger partial charge is 0.377 e. The maximum absolute atomic E-state index is 9.15. The highest BCUT2D eigenvalue weighted by atomic mass is 16.3. The predicted molar refractivity (Wildman–Crippen MR) is 48.1 cm³/mol. The molecule has 1 atom stereocenters. The Balaban J connectivity index is 4.08. The number of hydrogen-bond acceptors (Lipinski definition) is 1. The molecule has 1 heteroatoms. The molecule has 0 aromatic heterocycles. The van der Waals surface area contributed by atoms with Crippen molar-refractivity contribution in [1.82, 2.24) is 0 Å². The predicted octanol–water partition coefficient (Wildman–Crippen LogP) is 1.97. The highest BCUT2D eigenvalue weighted by Crippen LogP contribution is 2.09. The van der Waals surface area contributed by atoms with Gasteiger partial charge in [0.15, 0.2) is 0 Å². The monoisotopic (exact) mass is 152 g/mol. The first-order valence-electron chi connectivity index (χ1n) is 3.79. The van der Waals surface area contributed by atoms with Gasteiger partial charge >= 0.3 is 0 Å². The molecule has 1 N–H and O–H groups in total. The fourth-order valence-electron chi connectivity index (χ4n) is 0.521. The van der Waals surface area contributed by atoms with Gasteiger partial charge in [0.1, 0.15) is 6.10 Å². The first-order valence-corrected chi connectivity index (χ1v) is 3.79. The van der Waals surface area contributed by atoms with E-state index in [1.54, 1.807) is 12.2 Å². The molecule has 0 spiro atoms. The maximum atomic E-state index is 9.15. The van der Waals surface area contributed by atoms with E-state index in [9.17, 15) is 0 Å². The zero-order valence-corrected chi connectivity index (χ0v) is 7.68. The summed E-state index contributed by atoms with van der Waals surface area (Å²) >= 11 is 0. The number of hydrogen-bond donors (Lipinski definition) is 1. The average molecular weight is 152 g/mol. The maximum Gasteiger partial charge on any atom is 0.133 e. The van der Waals surface area contributed by atoms with Crippen LogP contribution in [-0.4, -0.2) is 11.2 Å². The van der Waals surface area contributed by atoms with Crippen LogP contribution in [0.15, 0.2) is 12.2 Å². The summed E-state index contributed by atoms with van der Waals surface area (Å²) in [5.41, 5.74) is -0.0252. The van der Waals surface area contributed by atoms with Gasteiger partial charge in [-0.3, -0.25) is 0 Å². The van der Waals surface area contributed by atoms with E-state index in [4.69, 9.17) is 5.11 Å². The molecule has 11 heavy (non-hydrogen) atoms. The van der Waals surface area contributed by atoms with Gasteiger partial charge in [0, 0.05) is 5.41 Å². The van der Waals surface area contributed by atoms with Crippen LogP contribution in [0.1, 0.15) is 27.7 Å².